The first-order valence-corrected chi connectivity index (χ1v) is 8.95. The van der Waals surface area contributed by atoms with Crippen molar-refractivity contribution in [3.8, 4) is 11.5 Å². The fraction of sp³-hybridized carbons (Fsp3) is 0.381. The van der Waals surface area contributed by atoms with Crippen LogP contribution in [-0.2, 0) is 0 Å². The van der Waals surface area contributed by atoms with Gasteiger partial charge in [-0.15, -0.1) is 0 Å². The zero-order chi connectivity index (χ0) is 20.5. The number of furan rings is 1. The minimum atomic E-state index is -1.33. The van der Waals surface area contributed by atoms with Crippen molar-refractivity contribution in [2.45, 2.75) is 39.4 Å². The molecule has 2 N–H and O–H groups in total. The highest BCUT2D eigenvalue weighted by Crippen LogP contribution is 2.43. The summed E-state index contributed by atoms with van der Waals surface area (Å²) in [7, 11) is 0. The summed E-state index contributed by atoms with van der Waals surface area (Å²) >= 11 is 0. The number of fused-ring (bicyclic) bond motifs is 2. The molecule has 3 aromatic rings. The zero-order valence-corrected chi connectivity index (χ0v) is 16.3. The third-order valence-electron chi connectivity index (χ3n) is 4.32. The van der Waals surface area contributed by atoms with Crippen molar-refractivity contribution in [2.75, 3.05) is 13.2 Å². The van der Waals surface area contributed by atoms with Crippen molar-refractivity contribution >= 4 is 21.9 Å². The molecule has 0 saturated heterocycles. The predicted octanol–water partition coefficient (Wildman–Crippen LogP) is 3.39. The molecule has 28 heavy (non-hydrogen) atoms. The Morgan fingerprint density at radius 1 is 1.14 bits per heavy atom. The summed E-state index contributed by atoms with van der Waals surface area (Å²) in [6.07, 6.45) is 2.26. The van der Waals surface area contributed by atoms with Crippen LogP contribution < -0.4 is 15.1 Å². The number of benzene rings is 1. The average molecular weight is 388 g/mol. The molecule has 2 heterocycles. The fourth-order valence-corrected chi connectivity index (χ4v) is 2.62. The molecule has 7 heteroatoms. The first kappa shape index (κ1) is 20.0. The summed E-state index contributed by atoms with van der Waals surface area (Å²) in [6, 6.07) is 4.57. The van der Waals surface area contributed by atoms with E-state index < -0.39 is 17.3 Å². The lowest BCUT2D eigenvalue weighted by Gasteiger charge is -2.24. The molecule has 0 radical (unpaired) electrons. The normalized spacial score (nSPS) is 12.9. The van der Waals surface area contributed by atoms with Crippen LogP contribution in [0, 0.1) is 0 Å². The summed E-state index contributed by atoms with van der Waals surface area (Å²) in [5, 5.41) is 21.2. The molecule has 1 aromatic carbocycles. The van der Waals surface area contributed by atoms with E-state index in [9.17, 15) is 15.0 Å². The zero-order valence-electron chi connectivity index (χ0n) is 16.3. The van der Waals surface area contributed by atoms with E-state index in [-0.39, 0.29) is 18.8 Å². The SMILES string of the molecule is CC(C)=CCOc1c2occc2c(OC[C@@H](O)C(C)(C)O)c2ccc(=O)oc12. The largest absolute Gasteiger partial charge is 0.489 e. The number of aliphatic hydroxyl groups is 2. The van der Waals surface area contributed by atoms with Crippen LogP contribution in [0.1, 0.15) is 27.7 Å². The third kappa shape index (κ3) is 4.05. The van der Waals surface area contributed by atoms with Crippen LogP contribution in [0.5, 0.6) is 11.5 Å². The van der Waals surface area contributed by atoms with Crippen molar-refractivity contribution in [1.29, 1.82) is 0 Å². The Morgan fingerprint density at radius 2 is 1.86 bits per heavy atom. The molecule has 0 fully saturated rings. The van der Waals surface area contributed by atoms with E-state index >= 15 is 0 Å². The molecule has 3 rings (SSSR count). The lowest BCUT2D eigenvalue weighted by molar-refractivity contribution is -0.0658. The van der Waals surface area contributed by atoms with Gasteiger partial charge < -0.3 is 28.5 Å². The summed E-state index contributed by atoms with van der Waals surface area (Å²) in [4.78, 5) is 11.8. The molecule has 150 valence electrons. The van der Waals surface area contributed by atoms with E-state index in [1.165, 1.54) is 26.2 Å². The van der Waals surface area contributed by atoms with Crippen LogP contribution in [0.3, 0.4) is 0 Å². The number of aliphatic hydroxyl groups excluding tert-OH is 1. The van der Waals surface area contributed by atoms with Gasteiger partial charge in [-0.1, -0.05) is 5.57 Å². The molecular weight excluding hydrogens is 364 g/mol. The Bertz CT molecular complexity index is 1060. The fourth-order valence-electron chi connectivity index (χ4n) is 2.62. The summed E-state index contributed by atoms with van der Waals surface area (Å²) in [5.41, 5.74) is -0.206. The molecule has 1 atom stereocenters. The second-order valence-corrected chi connectivity index (χ2v) is 7.39. The van der Waals surface area contributed by atoms with Crippen LogP contribution in [0.25, 0.3) is 21.9 Å². The Balaban J connectivity index is 2.12. The highest BCUT2D eigenvalue weighted by molar-refractivity contribution is 6.06. The number of hydrogen-bond donors (Lipinski definition) is 2. The van der Waals surface area contributed by atoms with Gasteiger partial charge in [-0.2, -0.15) is 0 Å². The van der Waals surface area contributed by atoms with Gasteiger partial charge in [-0.05, 0) is 45.9 Å². The van der Waals surface area contributed by atoms with E-state index in [4.69, 9.17) is 18.3 Å². The van der Waals surface area contributed by atoms with Crippen molar-refractivity contribution in [2.24, 2.45) is 0 Å². The Labute approximate surface area is 161 Å². The monoisotopic (exact) mass is 388 g/mol. The van der Waals surface area contributed by atoms with Gasteiger partial charge in [0, 0.05) is 6.07 Å². The lowest BCUT2D eigenvalue weighted by Crippen LogP contribution is -2.40. The van der Waals surface area contributed by atoms with Gasteiger partial charge in [-0.3, -0.25) is 0 Å². The van der Waals surface area contributed by atoms with Crippen molar-refractivity contribution in [1.82, 2.24) is 0 Å². The van der Waals surface area contributed by atoms with E-state index in [1.54, 1.807) is 12.1 Å². The Kier molecular flexibility index (Phi) is 5.49. The molecule has 0 aliphatic heterocycles. The number of ether oxygens (including phenoxy) is 2. The van der Waals surface area contributed by atoms with Gasteiger partial charge in [0.15, 0.2) is 11.2 Å². The third-order valence-corrected chi connectivity index (χ3v) is 4.32. The van der Waals surface area contributed by atoms with E-state index in [0.29, 0.717) is 27.9 Å². The lowest BCUT2D eigenvalue weighted by atomic mass is 10.0. The second-order valence-electron chi connectivity index (χ2n) is 7.39. The first-order chi connectivity index (χ1) is 13.2. The molecule has 0 unspecified atom stereocenters. The van der Waals surface area contributed by atoms with Gasteiger partial charge in [0.1, 0.15) is 25.1 Å². The van der Waals surface area contributed by atoms with Gasteiger partial charge in [0.05, 0.1) is 22.6 Å². The average Bonchev–Trinajstić information content (AvgIpc) is 3.08. The van der Waals surface area contributed by atoms with Crippen molar-refractivity contribution < 1.29 is 28.5 Å². The highest BCUT2D eigenvalue weighted by atomic mass is 16.5. The van der Waals surface area contributed by atoms with Gasteiger partial charge in [-0.25, -0.2) is 4.79 Å². The molecule has 2 aromatic heterocycles. The van der Waals surface area contributed by atoms with Crippen molar-refractivity contribution in [3.05, 3.63) is 46.5 Å². The second kappa shape index (κ2) is 7.69. The van der Waals surface area contributed by atoms with Crippen LogP contribution >= 0.6 is 0 Å². The maximum absolute atomic E-state index is 11.8. The van der Waals surface area contributed by atoms with Crippen LogP contribution in [-0.4, -0.2) is 35.1 Å². The summed E-state index contributed by atoms with van der Waals surface area (Å²) < 4.78 is 22.6. The van der Waals surface area contributed by atoms with E-state index in [1.807, 2.05) is 19.9 Å². The summed E-state index contributed by atoms with van der Waals surface area (Å²) in [6.45, 7) is 7.01. The molecule has 0 aliphatic carbocycles. The van der Waals surface area contributed by atoms with E-state index in [2.05, 4.69) is 0 Å². The standard InChI is InChI=1S/C21H24O7/c1-12(2)7-9-26-20-18-14(8-10-25-18)17(27-11-15(22)21(3,4)24)13-5-6-16(23)28-19(13)20/h5-8,10,15,22,24H,9,11H2,1-4H3/t15-/m1/s1. The van der Waals surface area contributed by atoms with Crippen LogP contribution in [0.4, 0.5) is 0 Å². The smallest absolute Gasteiger partial charge is 0.336 e. The highest BCUT2D eigenvalue weighted by Gasteiger charge is 2.27. The molecule has 0 spiro atoms. The molecule has 7 nitrogen and oxygen atoms in total. The van der Waals surface area contributed by atoms with E-state index in [0.717, 1.165) is 5.57 Å². The molecule has 0 amide bonds. The first-order valence-electron chi connectivity index (χ1n) is 8.95. The minimum Gasteiger partial charge on any atom is -0.489 e. The maximum atomic E-state index is 11.8. The maximum Gasteiger partial charge on any atom is 0.336 e. The van der Waals surface area contributed by atoms with Crippen LogP contribution in [0.2, 0.25) is 0 Å². The molecular formula is C21H24O7. The number of rotatable bonds is 7. The van der Waals surface area contributed by atoms with Gasteiger partial charge in [0.25, 0.3) is 0 Å². The Hall–Kier alpha value is -2.77. The number of allylic oxidation sites excluding steroid dienone is 1. The number of hydrogen-bond acceptors (Lipinski definition) is 7. The predicted molar refractivity (Wildman–Crippen MR) is 105 cm³/mol. The van der Waals surface area contributed by atoms with Gasteiger partial charge in [0.2, 0.25) is 5.75 Å². The topological polar surface area (TPSA) is 102 Å². The molecule has 0 aliphatic rings. The quantitative estimate of drug-likeness (QED) is 0.472. The van der Waals surface area contributed by atoms with Crippen molar-refractivity contribution in [3.63, 3.8) is 0 Å². The van der Waals surface area contributed by atoms with Gasteiger partial charge >= 0.3 is 5.63 Å². The summed E-state index contributed by atoms with van der Waals surface area (Å²) in [5.74, 6) is 0.681. The van der Waals surface area contributed by atoms with Crippen LogP contribution in [0.15, 0.2) is 49.7 Å². The Morgan fingerprint density at radius 3 is 2.54 bits per heavy atom. The molecule has 0 saturated carbocycles. The minimum absolute atomic E-state index is 0.157. The molecule has 0 bridgehead atoms.